The maximum atomic E-state index is 12.6. The zero-order valence-electron chi connectivity index (χ0n) is 21.4. The number of ketones is 1. The maximum absolute atomic E-state index is 12.6. The molecule has 2 fully saturated rings. The number of carbonyl (C=O) groups excluding carboxylic acids is 2. The summed E-state index contributed by atoms with van der Waals surface area (Å²) in [6, 6.07) is 4.72. The SMILES string of the molecule is COC(=O)N1c2ccc3c(nc(CCC4CCOCC4)n3C3CCC(C(C)=O)CC3)c2CC[C@@H]1C. The number of imidazole rings is 1. The van der Waals surface area contributed by atoms with Crippen molar-refractivity contribution in [3.05, 3.63) is 23.5 Å². The number of rotatable bonds is 5. The number of methoxy groups -OCH3 is 1. The number of aromatic nitrogens is 2. The van der Waals surface area contributed by atoms with Crippen LogP contribution in [0.1, 0.15) is 82.6 Å². The van der Waals surface area contributed by atoms with Crippen LogP contribution in [0.5, 0.6) is 0 Å². The quantitative estimate of drug-likeness (QED) is 0.554. The van der Waals surface area contributed by atoms with E-state index in [1.165, 1.54) is 12.6 Å². The number of amides is 1. The van der Waals surface area contributed by atoms with Gasteiger partial charge in [0.25, 0.3) is 0 Å². The van der Waals surface area contributed by atoms with Gasteiger partial charge in [-0.2, -0.15) is 0 Å². The number of aryl methyl sites for hydroxylation is 2. The summed E-state index contributed by atoms with van der Waals surface area (Å²) in [4.78, 5) is 31.6. The van der Waals surface area contributed by atoms with Crippen LogP contribution in [0, 0.1) is 11.8 Å². The highest BCUT2D eigenvalue weighted by atomic mass is 16.5. The van der Waals surface area contributed by atoms with Gasteiger partial charge in [-0.1, -0.05) is 0 Å². The van der Waals surface area contributed by atoms with Crippen LogP contribution >= 0.6 is 0 Å². The predicted octanol–water partition coefficient (Wildman–Crippen LogP) is 5.62. The number of anilines is 1. The van der Waals surface area contributed by atoms with Gasteiger partial charge in [-0.15, -0.1) is 0 Å². The van der Waals surface area contributed by atoms with Crippen molar-refractivity contribution in [2.45, 2.75) is 90.1 Å². The first-order chi connectivity index (χ1) is 17.0. The van der Waals surface area contributed by atoms with Crippen LogP contribution in [0.2, 0.25) is 0 Å². The van der Waals surface area contributed by atoms with E-state index in [9.17, 15) is 9.59 Å². The van der Waals surface area contributed by atoms with Gasteiger partial charge in [-0.05, 0) is 89.7 Å². The van der Waals surface area contributed by atoms with Crippen LogP contribution in [0.3, 0.4) is 0 Å². The molecular formula is C28H39N3O4. The lowest BCUT2D eigenvalue weighted by Crippen LogP contribution is -2.42. The highest BCUT2D eigenvalue weighted by Gasteiger charge is 2.33. The molecule has 7 heteroatoms. The minimum atomic E-state index is -0.306. The normalized spacial score (nSPS) is 25.5. The Morgan fingerprint density at radius 2 is 1.83 bits per heavy atom. The first-order valence-corrected chi connectivity index (χ1v) is 13.5. The van der Waals surface area contributed by atoms with Gasteiger partial charge in [-0.25, -0.2) is 9.78 Å². The summed E-state index contributed by atoms with van der Waals surface area (Å²) in [6.45, 7) is 5.54. The third-order valence-corrected chi connectivity index (χ3v) is 8.65. The van der Waals surface area contributed by atoms with Crippen molar-refractivity contribution in [1.82, 2.24) is 9.55 Å². The van der Waals surface area contributed by atoms with Gasteiger partial charge in [0, 0.05) is 43.2 Å². The Bertz CT molecular complexity index is 1080. The number of benzene rings is 1. The van der Waals surface area contributed by atoms with Gasteiger partial charge >= 0.3 is 6.09 Å². The van der Waals surface area contributed by atoms with E-state index in [4.69, 9.17) is 14.5 Å². The van der Waals surface area contributed by atoms with Crippen LogP contribution in [0.4, 0.5) is 10.5 Å². The van der Waals surface area contributed by atoms with E-state index in [0.717, 1.165) is 100 Å². The van der Waals surface area contributed by atoms with E-state index in [1.54, 1.807) is 11.8 Å². The molecule has 0 unspecified atom stereocenters. The summed E-state index contributed by atoms with van der Waals surface area (Å²) >= 11 is 0. The first kappa shape index (κ1) is 24.3. The first-order valence-electron chi connectivity index (χ1n) is 13.5. The van der Waals surface area contributed by atoms with Crippen LogP contribution in [0.25, 0.3) is 11.0 Å². The number of fused-ring (bicyclic) bond motifs is 3. The Labute approximate surface area is 208 Å². The van der Waals surface area contributed by atoms with E-state index >= 15 is 0 Å². The molecule has 3 heterocycles. The van der Waals surface area contributed by atoms with Crippen molar-refractivity contribution in [2.75, 3.05) is 25.2 Å². The summed E-state index contributed by atoms with van der Waals surface area (Å²) in [5, 5.41) is 0. The minimum Gasteiger partial charge on any atom is -0.452 e. The van der Waals surface area contributed by atoms with Crippen molar-refractivity contribution in [3.8, 4) is 0 Å². The summed E-state index contributed by atoms with van der Waals surface area (Å²) in [5.41, 5.74) is 4.31. The molecule has 1 aliphatic carbocycles. The summed E-state index contributed by atoms with van der Waals surface area (Å²) in [7, 11) is 1.45. The van der Waals surface area contributed by atoms with E-state index in [1.807, 2.05) is 0 Å². The molecule has 7 nitrogen and oxygen atoms in total. The van der Waals surface area contributed by atoms with Crippen LogP contribution in [-0.2, 0) is 27.1 Å². The molecule has 190 valence electrons. The van der Waals surface area contributed by atoms with Crippen molar-refractivity contribution in [3.63, 3.8) is 0 Å². The topological polar surface area (TPSA) is 73.7 Å². The molecule has 3 aliphatic rings. The van der Waals surface area contributed by atoms with Crippen molar-refractivity contribution >= 4 is 28.6 Å². The van der Waals surface area contributed by atoms with E-state index in [0.29, 0.717) is 17.7 Å². The van der Waals surface area contributed by atoms with Gasteiger partial charge in [0.15, 0.2) is 0 Å². The summed E-state index contributed by atoms with van der Waals surface area (Å²) in [6.07, 6.45) is 9.79. The molecule has 1 saturated heterocycles. The molecule has 35 heavy (non-hydrogen) atoms. The molecule has 2 aliphatic heterocycles. The lowest BCUT2D eigenvalue weighted by atomic mass is 9.83. The molecular weight excluding hydrogens is 442 g/mol. The monoisotopic (exact) mass is 481 g/mol. The average molecular weight is 482 g/mol. The highest BCUT2D eigenvalue weighted by Crippen LogP contribution is 2.41. The second kappa shape index (κ2) is 10.3. The summed E-state index contributed by atoms with van der Waals surface area (Å²) in [5.74, 6) is 2.38. The Hall–Kier alpha value is -2.41. The van der Waals surface area contributed by atoms with Crippen LogP contribution < -0.4 is 4.90 Å². The standard InChI is InChI=1S/C28H39N3O4/c1-18-4-10-23-24(30(18)28(33)34-3)11-12-25-27(23)29-26(13-5-20-14-16-35-17-15-20)31(25)22-8-6-21(7-9-22)19(2)32/h11-12,18,20-22H,4-10,13-17H2,1-3H3/t18-,21?,22?/m0/s1. The lowest BCUT2D eigenvalue weighted by Gasteiger charge is -2.34. The number of hydrogen-bond donors (Lipinski definition) is 0. The number of ether oxygens (including phenoxy) is 2. The van der Waals surface area contributed by atoms with Gasteiger partial charge < -0.3 is 14.0 Å². The Balaban J connectivity index is 1.52. The van der Waals surface area contributed by atoms with Crippen molar-refractivity contribution in [2.24, 2.45) is 11.8 Å². The fraction of sp³-hybridized carbons (Fsp3) is 0.679. The van der Waals surface area contributed by atoms with E-state index < -0.39 is 0 Å². The molecule has 1 aromatic carbocycles. The molecule has 1 aromatic heterocycles. The number of hydrogen-bond acceptors (Lipinski definition) is 5. The molecule has 0 spiro atoms. The average Bonchev–Trinajstić information content (AvgIpc) is 3.26. The van der Waals surface area contributed by atoms with Gasteiger partial charge in [0.1, 0.15) is 11.6 Å². The number of carbonyl (C=O) groups is 2. The maximum Gasteiger partial charge on any atom is 0.414 e. The molecule has 5 rings (SSSR count). The van der Waals surface area contributed by atoms with Gasteiger partial charge in [-0.3, -0.25) is 9.69 Å². The Morgan fingerprint density at radius 3 is 2.51 bits per heavy atom. The van der Waals surface area contributed by atoms with Crippen LogP contribution in [0.15, 0.2) is 12.1 Å². The molecule has 0 bridgehead atoms. The second-order valence-electron chi connectivity index (χ2n) is 10.8. The van der Waals surface area contributed by atoms with Gasteiger partial charge in [0.2, 0.25) is 0 Å². The van der Waals surface area contributed by atoms with E-state index in [2.05, 4.69) is 23.6 Å². The molecule has 0 radical (unpaired) electrons. The molecule has 2 aromatic rings. The third-order valence-electron chi connectivity index (χ3n) is 8.65. The lowest BCUT2D eigenvalue weighted by molar-refractivity contribution is -0.121. The fourth-order valence-electron chi connectivity index (χ4n) is 6.52. The summed E-state index contributed by atoms with van der Waals surface area (Å²) < 4.78 is 13.2. The van der Waals surface area contributed by atoms with Gasteiger partial charge in [0.05, 0.1) is 23.8 Å². The molecule has 1 amide bonds. The highest BCUT2D eigenvalue weighted by molar-refractivity contribution is 5.95. The second-order valence-corrected chi connectivity index (χ2v) is 10.8. The zero-order chi connectivity index (χ0) is 24.5. The van der Waals surface area contributed by atoms with Crippen molar-refractivity contribution < 1.29 is 19.1 Å². The van der Waals surface area contributed by atoms with Crippen LogP contribution in [-0.4, -0.2) is 47.8 Å². The number of Topliss-reactive ketones (excluding diaryl/α,β-unsaturated/α-hetero) is 1. The minimum absolute atomic E-state index is 0.101. The molecule has 0 N–H and O–H groups in total. The Morgan fingerprint density at radius 1 is 1.09 bits per heavy atom. The molecule has 1 saturated carbocycles. The van der Waals surface area contributed by atoms with E-state index in [-0.39, 0.29) is 18.1 Å². The largest absolute Gasteiger partial charge is 0.452 e. The zero-order valence-corrected chi connectivity index (χ0v) is 21.4. The number of nitrogens with zero attached hydrogens (tertiary/aromatic N) is 3. The smallest absolute Gasteiger partial charge is 0.414 e. The van der Waals surface area contributed by atoms with Crippen molar-refractivity contribution in [1.29, 1.82) is 0 Å². The Kier molecular flexibility index (Phi) is 7.14. The predicted molar refractivity (Wildman–Crippen MR) is 136 cm³/mol. The fourth-order valence-corrected chi connectivity index (χ4v) is 6.52. The molecule has 1 atom stereocenters. The third kappa shape index (κ3) is 4.72.